The van der Waals surface area contributed by atoms with Crippen LogP contribution in [0.25, 0.3) is 28.0 Å². The second-order valence-corrected chi connectivity index (χ2v) is 10.9. The van der Waals surface area contributed by atoms with Gasteiger partial charge in [0.15, 0.2) is 0 Å². The molecule has 10 nitrogen and oxygen atoms in total. The minimum absolute atomic E-state index is 0.124. The van der Waals surface area contributed by atoms with Crippen molar-refractivity contribution in [3.8, 4) is 16.9 Å². The molecule has 214 valence electrons. The number of pyridine rings is 1. The highest BCUT2D eigenvalue weighted by atomic mass is 79.9. The Hall–Kier alpha value is -4.52. The van der Waals surface area contributed by atoms with Gasteiger partial charge in [-0.15, -0.1) is 5.10 Å². The van der Waals surface area contributed by atoms with Gasteiger partial charge in [0.25, 0.3) is 11.6 Å². The van der Waals surface area contributed by atoms with Crippen molar-refractivity contribution < 1.29 is 22.9 Å². The summed E-state index contributed by atoms with van der Waals surface area (Å²) in [5, 5.41) is 15.6. The van der Waals surface area contributed by atoms with Crippen LogP contribution in [0.2, 0.25) is 0 Å². The topological polar surface area (TPSA) is 119 Å². The van der Waals surface area contributed by atoms with E-state index >= 15 is 0 Å². The van der Waals surface area contributed by atoms with Gasteiger partial charge in [-0.25, -0.2) is 18.4 Å². The summed E-state index contributed by atoms with van der Waals surface area (Å²) in [7, 11) is 0. The smallest absolute Gasteiger partial charge is 0.259 e. The largest absolute Gasteiger partial charge is 0.350 e. The molecule has 3 aromatic heterocycles. The summed E-state index contributed by atoms with van der Waals surface area (Å²) >= 11 is 3.16. The number of fused-ring (bicyclic) bond motifs is 1. The lowest BCUT2D eigenvalue weighted by Gasteiger charge is -2.31. The standard InChI is InChI=1S/C29H24BrF2N7O3/c1-16-26-22(13-25(34-28(26)42-36-16)17-2-4-19(31)5-3-17)29(41)38-10-8-18(9-11-38)27(40)33-14-20-15-39(37-35-20)21-6-7-24(32)23(30)12-21/h2-7,12-13,15,18H,8-11,14H2,1H3,(H,33,40). The molecule has 1 N–H and O–H groups in total. The molecule has 5 aromatic rings. The second-order valence-electron chi connectivity index (χ2n) is 10.0. The lowest BCUT2D eigenvalue weighted by Crippen LogP contribution is -2.43. The van der Waals surface area contributed by atoms with Crippen LogP contribution in [0.1, 0.15) is 34.6 Å². The summed E-state index contributed by atoms with van der Waals surface area (Å²) in [6.07, 6.45) is 2.66. The monoisotopic (exact) mass is 635 g/mol. The molecule has 0 unspecified atom stereocenters. The lowest BCUT2D eigenvalue weighted by atomic mass is 9.95. The highest BCUT2D eigenvalue weighted by molar-refractivity contribution is 9.10. The van der Waals surface area contributed by atoms with Gasteiger partial charge in [0, 0.05) is 24.6 Å². The maximum absolute atomic E-state index is 13.7. The number of hydrogen-bond donors (Lipinski definition) is 1. The molecule has 2 amide bonds. The van der Waals surface area contributed by atoms with Gasteiger partial charge in [0.2, 0.25) is 5.91 Å². The van der Waals surface area contributed by atoms with Gasteiger partial charge in [-0.1, -0.05) is 10.4 Å². The molecule has 0 saturated carbocycles. The Labute approximate surface area is 246 Å². The molecule has 1 fully saturated rings. The molecule has 42 heavy (non-hydrogen) atoms. The Kier molecular flexibility index (Phi) is 7.50. The first-order chi connectivity index (χ1) is 20.3. The van der Waals surface area contributed by atoms with Crippen molar-refractivity contribution in [2.75, 3.05) is 13.1 Å². The molecule has 4 heterocycles. The Morgan fingerprint density at radius 1 is 1.10 bits per heavy atom. The first-order valence-corrected chi connectivity index (χ1v) is 14.0. The molecule has 13 heteroatoms. The molecule has 1 aliphatic heterocycles. The van der Waals surface area contributed by atoms with Crippen molar-refractivity contribution in [2.24, 2.45) is 5.92 Å². The zero-order valence-corrected chi connectivity index (χ0v) is 23.9. The van der Waals surface area contributed by atoms with Gasteiger partial charge in [-0.05, 0) is 84.2 Å². The Morgan fingerprint density at radius 3 is 2.60 bits per heavy atom. The van der Waals surface area contributed by atoms with Gasteiger partial charge in [-0.3, -0.25) is 9.59 Å². The lowest BCUT2D eigenvalue weighted by molar-refractivity contribution is -0.126. The predicted octanol–water partition coefficient (Wildman–Crippen LogP) is 4.99. The fraction of sp³-hybridized carbons (Fsp3) is 0.241. The number of carbonyl (C=O) groups is 2. The first kappa shape index (κ1) is 27.6. The van der Waals surface area contributed by atoms with E-state index in [1.807, 2.05) is 0 Å². The number of benzene rings is 2. The van der Waals surface area contributed by atoms with Crippen LogP contribution in [0.4, 0.5) is 8.78 Å². The second kappa shape index (κ2) is 11.4. The van der Waals surface area contributed by atoms with E-state index in [2.05, 4.69) is 41.7 Å². The number of amides is 2. The zero-order valence-electron chi connectivity index (χ0n) is 22.4. The number of carbonyl (C=O) groups excluding carboxylic acids is 2. The van der Waals surface area contributed by atoms with Crippen molar-refractivity contribution in [2.45, 2.75) is 26.3 Å². The third-order valence-corrected chi connectivity index (χ3v) is 7.90. The van der Waals surface area contributed by atoms with E-state index < -0.39 is 0 Å². The summed E-state index contributed by atoms with van der Waals surface area (Å²) in [5.41, 5.74) is 3.47. The Morgan fingerprint density at radius 2 is 1.86 bits per heavy atom. The van der Waals surface area contributed by atoms with Gasteiger partial charge >= 0.3 is 0 Å². The van der Waals surface area contributed by atoms with Crippen LogP contribution in [0, 0.1) is 24.5 Å². The maximum Gasteiger partial charge on any atom is 0.259 e. The van der Waals surface area contributed by atoms with Gasteiger partial charge in [-0.2, -0.15) is 0 Å². The van der Waals surface area contributed by atoms with E-state index in [4.69, 9.17) is 4.52 Å². The van der Waals surface area contributed by atoms with Crippen LogP contribution in [0.5, 0.6) is 0 Å². The van der Waals surface area contributed by atoms with Crippen molar-refractivity contribution >= 4 is 38.8 Å². The number of aromatic nitrogens is 5. The van der Waals surface area contributed by atoms with Gasteiger partial charge < -0.3 is 14.7 Å². The van der Waals surface area contributed by atoms with E-state index in [0.717, 1.165) is 0 Å². The molecular formula is C29H24BrF2N7O3. The average Bonchev–Trinajstić information content (AvgIpc) is 3.64. The third-order valence-electron chi connectivity index (χ3n) is 7.29. The minimum Gasteiger partial charge on any atom is -0.350 e. The summed E-state index contributed by atoms with van der Waals surface area (Å²) < 4.78 is 34.2. The molecule has 6 rings (SSSR count). The number of nitrogens with zero attached hydrogens (tertiary/aromatic N) is 6. The fourth-order valence-corrected chi connectivity index (χ4v) is 5.37. The average molecular weight is 636 g/mol. The van der Waals surface area contributed by atoms with Crippen LogP contribution in [-0.2, 0) is 11.3 Å². The molecule has 0 bridgehead atoms. The summed E-state index contributed by atoms with van der Waals surface area (Å²) in [6, 6.07) is 12.0. The number of likely N-dealkylation sites (tertiary alicyclic amines) is 1. The van der Waals surface area contributed by atoms with E-state index in [1.165, 1.54) is 22.9 Å². The Balaban J connectivity index is 1.10. The number of halogens is 3. The highest BCUT2D eigenvalue weighted by Crippen LogP contribution is 2.29. The molecule has 0 atom stereocenters. The molecule has 0 spiro atoms. The normalized spacial score (nSPS) is 14.0. The van der Waals surface area contributed by atoms with Crippen LogP contribution in [-0.4, -0.2) is 54.9 Å². The molecular weight excluding hydrogens is 612 g/mol. The molecule has 2 aromatic carbocycles. The summed E-state index contributed by atoms with van der Waals surface area (Å²) in [6.45, 7) is 2.73. The van der Waals surface area contributed by atoms with E-state index in [1.54, 1.807) is 48.4 Å². The van der Waals surface area contributed by atoms with Crippen molar-refractivity contribution in [3.63, 3.8) is 0 Å². The minimum atomic E-state index is -0.378. The third kappa shape index (κ3) is 5.51. The number of piperidine rings is 1. The highest BCUT2D eigenvalue weighted by Gasteiger charge is 2.30. The summed E-state index contributed by atoms with van der Waals surface area (Å²) in [5.74, 6) is -1.34. The molecule has 1 aliphatic rings. The van der Waals surface area contributed by atoms with Crippen molar-refractivity contribution in [3.05, 3.63) is 87.8 Å². The quantitative estimate of drug-likeness (QED) is 0.279. The predicted molar refractivity (Wildman–Crippen MR) is 151 cm³/mol. The van der Waals surface area contributed by atoms with Crippen LogP contribution in [0.3, 0.4) is 0 Å². The van der Waals surface area contributed by atoms with Crippen LogP contribution >= 0.6 is 15.9 Å². The molecule has 0 aliphatic carbocycles. The zero-order chi connectivity index (χ0) is 29.4. The number of hydrogen-bond acceptors (Lipinski definition) is 7. The van der Waals surface area contributed by atoms with E-state index in [-0.39, 0.29) is 41.6 Å². The number of nitrogens with one attached hydrogen (secondary N) is 1. The van der Waals surface area contributed by atoms with E-state index in [0.29, 0.717) is 69.7 Å². The maximum atomic E-state index is 13.7. The van der Waals surface area contributed by atoms with E-state index in [9.17, 15) is 18.4 Å². The SMILES string of the molecule is Cc1noc2nc(-c3ccc(F)cc3)cc(C(=O)N3CCC(C(=O)NCc4cn(-c5ccc(F)c(Br)c5)nn4)CC3)c12. The first-order valence-electron chi connectivity index (χ1n) is 13.2. The molecule has 0 radical (unpaired) electrons. The van der Waals surface area contributed by atoms with Crippen LogP contribution < -0.4 is 5.32 Å². The van der Waals surface area contributed by atoms with Crippen LogP contribution in [0.15, 0.2) is 63.7 Å². The number of aryl methyl sites for hydroxylation is 1. The van der Waals surface area contributed by atoms with Gasteiger partial charge in [0.1, 0.15) is 17.3 Å². The van der Waals surface area contributed by atoms with Gasteiger partial charge in [0.05, 0.1) is 45.2 Å². The fourth-order valence-electron chi connectivity index (χ4n) is 5.00. The van der Waals surface area contributed by atoms with Crippen molar-refractivity contribution in [1.29, 1.82) is 0 Å². The van der Waals surface area contributed by atoms with Crippen molar-refractivity contribution in [1.82, 2.24) is 35.4 Å². The Bertz CT molecular complexity index is 1800. The number of rotatable bonds is 6. The molecule has 1 saturated heterocycles. The summed E-state index contributed by atoms with van der Waals surface area (Å²) in [4.78, 5) is 32.8.